The highest BCUT2D eigenvalue weighted by molar-refractivity contribution is 14.0. The van der Waals surface area contributed by atoms with Crippen LogP contribution in [-0.2, 0) is 9.53 Å². The third kappa shape index (κ3) is 8.95. The minimum atomic E-state index is -0.0490. The minimum Gasteiger partial charge on any atom is -0.396 e. The summed E-state index contributed by atoms with van der Waals surface area (Å²) in [6, 6.07) is 0. The van der Waals surface area contributed by atoms with Gasteiger partial charge in [-0.2, -0.15) is 0 Å². The van der Waals surface area contributed by atoms with Gasteiger partial charge in [-0.25, -0.2) is 0 Å². The summed E-state index contributed by atoms with van der Waals surface area (Å²) in [5.74, 6) is 1.49. The van der Waals surface area contributed by atoms with Crippen molar-refractivity contribution in [1.29, 1.82) is 0 Å². The van der Waals surface area contributed by atoms with Crippen LogP contribution in [0.4, 0.5) is 0 Å². The molecule has 7 nitrogen and oxygen atoms in total. The van der Waals surface area contributed by atoms with E-state index < -0.39 is 0 Å². The van der Waals surface area contributed by atoms with E-state index in [4.69, 9.17) is 4.74 Å². The van der Waals surface area contributed by atoms with Crippen molar-refractivity contribution < 1.29 is 14.6 Å². The monoisotopic (exact) mass is 496 g/mol. The zero-order valence-electron chi connectivity index (χ0n) is 16.6. The molecule has 8 heteroatoms. The van der Waals surface area contributed by atoms with Crippen LogP contribution in [0.2, 0.25) is 0 Å². The number of rotatable bonds is 10. The summed E-state index contributed by atoms with van der Waals surface area (Å²) in [6.07, 6.45) is 7.25. The van der Waals surface area contributed by atoms with E-state index in [1.807, 2.05) is 6.92 Å². The minimum absolute atomic E-state index is 0. The highest BCUT2D eigenvalue weighted by Crippen LogP contribution is 2.32. The normalized spacial score (nSPS) is 23.1. The summed E-state index contributed by atoms with van der Waals surface area (Å²) in [6.45, 7) is 6.26. The molecule has 2 aliphatic rings. The van der Waals surface area contributed by atoms with E-state index in [0.29, 0.717) is 45.0 Å². The number of ether oxygens (including phenoxy) is 1. The van der Waals surface area contributed by atoms with Crippen LogP contribution in [0.3, 0.4) is 0 Å². The summed E-state index contributed by atoms with van der Waals surface area (Å²) in [4.78, 5) is 16.6. The predicted octanol–water partition coefficient (Wildman–Crippen LogP) is 1.65. The maximum atomic E-state index is 12.0. The lowest BCUT2D eigenvalue weighted by atomic mass is 9.84. The molecule has 1 unspecified atom stereocenters. The molecular weight excluding hydrogens is 459 g/mol. The van der Waals surface area contributed by atoms with Gasteiger partial charge in [0.25, 0.3) is 0 Å². The Kier molecular flexibility index (Phi) is 12.3. The molecule has 1 amide bonds. The molecule has 158 valence electrons. The quantitative estimate of drug-likeness (QED) is 0.160. The highest BCUT2D eigenvalue weighted by atomic mass is 127. The van der Waals surface area contributed by atoms with Crippen LogP contribution >= 0.6 is 24.0 Å². The van der Waals surface area contributed by atoms with Gasteiger partial charge in [0.05, 0.1) is 13.2 Å². The first kappa shape index (κ1) is 24.4. The molecule has 1 aliphatic carbocycles. The highest BCUT2D eigenvalue weighted by Gasteiger charge is 2.34. The SMILES string of the molecule is CCNC(=NCC1(CCO)CCOC1)NCCNC(=O)CC1CCCC1.I. The topological polar surface area (TPSA) is 95.0 Å². The van der Waals surface area contributed by atoms with Crippen molar-refractivity contribution in [3.05, 3.63) is 0 Å². The van der Waals surface area contributed by atoms with E-state index in [-0.39, 0.29) is 41.9 Å². The molecule has 0 spiro atoms. The Morgan fingerprint density at radius 2 is 1.96 bits per heavy atom. The molecule has 27 heavy (non-hydrogen) atoms. The number of aliphatic hydroxyl groups is 1. The molecule has 1 saturated carbocycles. The molecule has 0 aromatic heterocycles. The molecule has 0 aromatic rings. The molecule has 0 bridgehead atoms. The third-order valence-electron chi connectivity index (χ3n) is 5.43. The van der Waals surface area contributed by atoms with Crippen LogP contribution < -0.4 is 16.0 Å². The lowest BCUT2D eigenvalue weighted by Crippen LogP contribution is -2.42. The Bertz CT molecular complexity index is 450. The van der Waals surface area contributed by atoms with Gasteiger partial charge in [0, 0.05) is 44.7 Å². The Hall–Kier alpha value is -0.610. The van der Waals surface area contributed by atoms with Crippen LogP contribution in [0.5, 0.6) is 0 Å². The standard InChI is InChI=1S/C19H36N4O3.HI/c1-2-20-18(23-14-19(7-11-24)8-12-26-15-19)22-10-9-21-17(25)13-16-5-3-4-6-16;/h16,24H,2-15H2,1H3,(H,21,25)(H2,20,22,23);1H. The van der Waals surface area contributed by atoms with Crippen LogP contribution in [0.15, 0.2) is 4.99 Å². The van der Waals surface area contributed by atoms with Gasteiger partial charge in [-0.1, -0.05) is 12.8 Å². The fraction of sp³-hybridized carbons (Fsp3) is 0.895. The fourth-order valence-corrected chi connectivity index (χ4v) is 3.81. The van der Waals surface area contributed by atoms with Gasteiger partial charge < -0.3 is 25.8 Å². The van der Waals surface area contributed by atoms with Gasteiger partial charge >= 0.3 is 0 Å². The molecule has 4 N–H and O–H groups in total. The summed E-state index contributed by atoms with van der Waals surface area (Å²) in [5.41, 5.74) is -0.0490. The van der Waals surface area contributed by atoms with Crippen molar-refractivity contribution in [2.45, 2.75) is 51.9 Å². The molecule has 2 rings (SSSR count). The Morgan fingerprint density at radius 3 is 2.59 bits per heavy atom. The second-order valence-electron chi connectivity index (χ2n) is 7.60. The average molecular weight is 496 g/mol. The van der Waals surface area contributed by atoms with Crippen molar-refractivity contribution in [2.24, 2.45) is 16.3 Å². The number of aliphatic hydroxyl groups excluding tert-OH is 1. The van der Waals surface area contributed by atoms with Gasteiger partial charge in [-0.3, -0.25) is 9.79 Å². The molecule has 1 heterocycles. The van der Waals surface area contributed by atoms with Gasteiger partial charge in [-0.15, -0.1) is 24.0 Å². The summed E-state index contributed by atoms with van der Waals surface area (Å²) >= 11 is 0. The maximum Gasteiger partial charge on any atom is 0.220 e. The molecule has 0 aromatic carbocycles. The number of amides is 1. The van der Waals surface area contributed by atoms with Gasteiger partial charge in [-0.05, 0) is 38.5 Å². The molecule has 2 fully saturated rings. The van der Waals surface area contributed by atoms with E-state index >= 15 is 0 Å². The number of hydrogen-bond acceptors (Lipinski definition) is 4. The summed E-state index contributed by atoms with van der Waals surface area (Å²) in [7, 11) is 0. The molecule has 0 radical (unpaired) electrons. The summed E-state index contributed by atoms with van der Waals surface area (Å²) < 4.78 is 5.52. The Labute approximate surface area is 180 Å². The van der Waals surface area contributed by atoms with Crippen molar-refractivity contribution in [3.63, 3.8) is 0 Å². The maximum absolute atomic E-state index is 12.0. The van der Waals surface area contributed by atoms with Crippen LogP contribution in [0.1, 0.15) is 51.9 Å². The average Bonchev–Trinajstić information content (AvgIpc) is 3.29. The zero-order valence-corrected chi connectivity index (χ0v) is 18.9. The number of hydrogen-bond donors (Lipinski definition) is 4. The Morgan fingerprint density at radius 1 is 1.22 bits per heavy atom. The van der Waals surface area contributed by atoms with Crippen LogP contribution in [-0.4, -0.2) is 63.0 Å². The van der Waals surface area contributed by atoms with Crippen molar-refractivity contribution in [3.8, 4) is 0 Å². The number of carbonyl (C=O) groups excluding carboxylic acids is 1. The van der Waals surface area contributed by atoms with Gasteiger partial charge in [0.1, 0.15) is 0 Å². The van der Waals surface area contributed by atoms with Crippen LogP contribution in [0, 0.1) is 11.3 Å². The zero-order chi connectivity index (χ0) is 18.7. The first-order valence-electron chi connectivity index (χ1n) is 10.1. The fourth-order valence-electron chi connectivity index (χ4n) is 3.81. The van der Waals surface area contributed by atoms with E-state index in [9.17, 15) is 9.90 Å². The first-order valence-corrected chi connectivity index (χ1v) is 10.1. The smallest absolute Gasteiger partial charge is 0.220 e. The molecule has 1 aliphatic heterocycles. The largest absolute Gasteiger partial charge is 0.396 e. The number of aliphatic imine (C=N–C) groups is 1. The second-order valence-corrected chi connectivity index (χ2v) is 7.60. The third-order valence-corrected chi connectivity index (χ3v) is 5.43. The molecule has 1 saturated heterocycles. The van der Waals surface area contributed by atoms with Crippen molar-refractivity contribution in [2.75, 3.05) is 46.0 Å². The van der Waals surface area contributed by atoms with Gasteiger partial charge in [0.2, 0.25) is 5.91 Å². The van der Waals surface area contributed by atoms with Gasteiger partial charge in [0.15, 0.2) is 5.96 Å². The van der Waals surface area contributed by atoms with E-state index in [1.165, 1.54) is 25.7 Å². The number of guanidine groups is 1. The number of carbonyl (C=O) groups is 1. The van der Waals surface area contributed by atoms with Crippen molar-refractivity contribution >= 4 is 35.8 Å². The van der Waals surface area contributed by atoms with Crippen molar-refractivity contribution in [1.82, 2.24) is 16.0 Å². The molecular formula is C19H37IN4O3. The number of nitrogens with one attached hydrogen (secondary N) is 3. The second kappa shape index (κ2) is 13.5. The first-order chi connectivity index (χ1) is 12.7. The Balaban J connectivity index is 0.00000364. The molecule has 1 atom stereocenters. The lowest BCUT2D eigenvalue weighted by Gasteiger charge is -2.24. The number of halogens is 1. The van der Waals surface area contributed by atoms with E-state index in [2.05, 4.69) is 20.9 Å². The number of nitrogens with zero attached hydrogens (tertiary/aromatic N) is 1. The summed E-state index contributed by atoms with van der Waals surface area (Å²) in [5, 5.41) is 18.8. The predicted molar refractivity (Wildman–Crippen MR) is 119 cm³/mol. The van der Waals surface area contributed by atoms with E-state index in [0.717, 1.165) is 25.5 Å². The lowest BCUT2D eigenvalue weighted by molar-refractivity contribution is -0.121. The van der Waals surface area contributed by atoms with E-state index in [1.54, 1.807) is 0 Å². The van der Waals surface area contributed by atoms with Crippen LogP contribution in [0.25, 0.3) is 0 Å².